The summed E-state index contributed by atoms with van der Waals surface area (Å²) in [5.41, 5.74) is 1.02. The van der Waals surface area contributed by atoms with E-state index in [0.717, 1.165) is 22.6 Å². The van der Waals surface area contributed by atoms with Gasteiger partial charge in [0, 0.05) is 28.6 Å². The Morgan fingerprint density at radius 2 is 1.96 bits per heavy atom. The second-order valence-electron chi connectivity index (χ2n) is 5.90. The van der Waals surface area contributed by atoms with Crippen LogP contribution in [0, 0.1) is 0 Å². The van der Waals surface area contributed by atoms with Gasteiger partial charge in [-0.15, -0.1) is 11.8 Å². The molecule has 0 saturated carbocycles. The summed E-state index contributed by atoms with van der Waals surface area (Å²) in [6, 6.07) is 13.7. The molecule has 1 aliphatic rings. The van der Waals surface area contributed by atoms with Gasteiger partial charge in [-0.3, -0.25) is 4.79 Å². The molecule has 0 aliphatic carbocycles. The lowest BCUT2D eigenvalue weighted by Crippen LogP contribution is -2.34. The molecule has 0 radical (unpaired) electrons. The molecule has 0 fully saturated rings. The normalized spacial score (nSPS) is 16.7. The molecule has 1 aliphatic heterocycles. The van der Waals surface area contributed by atoms with Crippen LogP contribution >= 0.6 is 23.4 Å². The Balaban J connectivity index is 1.55. The molecule has 8 heteroatoms. The van der Waals surface area contributed by atoms with Crippen LogP contribution in [0.25, 0.3) is 0 Å². The highest BCUT2D eigenvalue weighted by atomic mass is 35.5. The van der Waals surface area contributed by atoms with Gasteiger partial charge in [-0.25, -0.2) is 13.1 Å². The number of halogens is 1. The SMILES string of the molecule is O=C(CCNS(=O)(=O)c1ccccc1)NC1CCSc2ccc(Cl)cc21. The molecule has 0 bridgehead atoms. The molecule has 0 aromatic heterocycles. The quantitative estimate of drug-likeness (QED) is 0.765. The van der Waals surface area contributed by atoms with Crippen molar-refractivity contribution in [3.05, 3.63) is 59.1 Å². The number of carbonyl (C=O) groups is 1. The zero-order valence-corrected chi connectivity index (χ0v) is 16.3. The fourth-order valence-electron chi connectivity index (χ4n) is 2.76. The third-order valence-electron chi connectivity index (χ3n) is 4.04. The summed E-state index contributed by atoms with van der Waals surface area (Å²) < 4.78 is 26.7. The maximum atomic E-state index is 12.2. The standard InChI is InChI=1S/C18H19ClN2O3S2/c19-13-6-7-17-15(12-13)16(9-11-25-17)21-18(22)8-10-20-26(23,24)14-4-2-1-3-5-14/h1-7,12,16,20H,8-11H2,(H,21,22). The zero-order valence-electron chi connectivity index (χ0n) is 13.9. The maximum absolute atomic E-state index is 12.2. The summed E-state index contributed by atoms with van der Waals surface area (Å²) in [7, 11) is -3.59. The average Bonchev–Trinajstić information content (AvgIpc) is 2.63. The van der Waals surface area contributed by atoms with E-state index in [9.17, 15) is 13.2 Å². The highest BCUT2D eigenvalue weighted by Crippen LogP contribution is 2.37. The first-order chi connectivity index (χ1) is 12.5. The summed E-state index contributed by atoms with van der Waals surface area (Å²) in [6.07, 6.45) is 0.894. The highest BCUT2D eigenvalue weighted by Gasteiger charge is 2.23. The molecular weight excluding hydrogens is 392 g/mol. The molecule has 26 heavy (non-hydrogen) atoms. The van der Waals surface area contributed by atoms with Crippen LogP contribution in [0.3, 0.4) is 0 Å². The van der Waals surface area contributed by atoms with Gasteiger partial charge < -0.3 is 5.32 Å². The van der Waals surface area contributed by atoms with Crippen LogP contribution in [0.15, 0.2) is 58.3 Å². The van der Waals surface area contributed by atoms with Crippen LogP contribution in [0.2, 0.25) is 5.02 Å². The van der Waals surface area contributed by atoms with Crippen molar-refractivity contribution < 1.29 is 13.2 Å². The zero-order chi connectivity index (χ0) is 18.6. The van der Waals surface area contributed by atoms with Crippen molar-refractivity contribution >= 4 is 39.3 Å². The van der Waals surface area contributed by atoms with Gasteiger partial charge in [-0.2, -0.15) is 0 Å². The Hall–Kier alpha value is -1.54. The molecule has 1 atom stereocenters. The number of sulfonamides is 1. The van der Waals surface area contributed by atoms with Crippen molar-refractivity contribution in [2.75, 3.05) is 12.3 Å². The van der Waals surface area contributed by atoms with Crippen LogP contribution < -0.4 is 10.0 Å². The number of nitrogens with one attached hydrogen (secondary N) is 2. The topological polar surface area (TPSA) is 75.3 Å². The smallest absolute Gasteiger partial charge is 0.240 e. The average molecular weight is 411 g/mol. The molecule has 1 unspecified atom stereocenters. The van der Waals surface area contributed by atoms with Gasteiger partial charge in [-0.1, -0.05) is 29.8 Å². The van der Waals surface area contributed by atoms with Gasteiger partial charge in [0.25, 0.3) is 0 Å². The number of benzene rings is 2. The molecule has 0 spiro atoms. The van der Waals surface area contributed by atoms with E-state index in [0.29, 0.717) is 5.02 Å². The van der Waals surface area contributed by atoms with E-state index in [1.54, 1.807) is 30.0 Å². The lowest BCUT2D eigenvalue weighted by atomic mass is 10.0. The number of hydrogen-bond donors (Lipinski definition) is 2. The number of fused-ring (bicyclic) bond motifs is 1. The summed E-state index contributed by atoms with van der Waals surface area (Å²) in [5, 5.41) is 3.62. The Bertz CT molecular complexity index is 889. The first-order valence-electron chi connectivity index (χ1n) is 8.22. The van der Waals surface area contributed by atoms with Gasteiger partial charge in [0.2, 0.25) is 15.9 Å². The number of carbonyl (C=O) groups excluding carboxylic acids is 1. The molecule has 2 N–H and O–H groups in total. The van der Waals surface area contributed by atoms with Crippen molar-refractivity contribution in [2.45, 2.75) is 28.7 Å². The van der Waals surface area contributed by atoms with Crippen molar-refractivity contribution in [1.29, 1.82) is 0 Å². The number of amides is 1. The van der Waals surface area contributed by atoms with Gasteiger partial charge in [-0.05, 0) is 42.3 Å². The molecule has 1 heterocycles. The number of thioether (sulfide) groups is 1. The molecule has 5 nitrogen and oxygen atoms in total. The summed E-state index contributed by atoms with van der Waals surface area (Å²) in [5.74, 6) is 0.726. The summed E-state index contributed by atoms with van der Waals surface area (Å²) in [4.78, 5) is 13.6. The van der Waals surface area contributed by atoms with E-state index in [1.807, 2.05) is 18.2 Å². The number of rotatable bonds is 6. The number of hydrogen-bond acceptors (Lipinski definition) is 4. The third-order valence-corrected chi connectivity index (χ3v) is 6.88. The van der Waals surface area contributed by atoms with E-state index in [1.165, 1.54) is 12.1 Å². The van der Waals surface area contributed by atoms with E-state index < -0.39 is 10.0 Å². The van der Waals surface area contributed by atoms with Crippen molar-refractivity contribution in [2.24, 2.45) is 0 Å². The van der Waals surface area contributed by atoms with E-state index in [2.05, 4.69) is 10.0 Å². The molecule has 2 aromatic carbocycles. The molecule has 2 aromatic rings. The largest absolute Gasteiger partial charge is 0.349 e. The highest BCUT2D eigenvalue weighted by molar-refractivity contribution is 7.99. The molecular formula is C18H19ClN2O3S2. The van der Waals surface area contributed by atoms with Crippen molar-refractivity contribution in [3.8, 4) is 0 Å². The van der Waals surface area contributed by atoms with Crippen molar-refractivity contribution in [3.63, 3.8) is 0 Å². The van der Waals surface area contributed by atoms with Crippen LogP contribution in [0.1, 0.15) is 24.4 Å². The maximum Gasteiger partial charge on any atom is 0.240 e. The monoisotopic (exact) mass is 410 g/mol. The lowest BCUT2D eigenvalue weighted by Gasteiger charge is -2.26. The summed E-state index contributed by atoms with van der Waals surface area (Å²) >= 11 is 7.82. The Kier molecular flexibility index (Phi) is 6.24. The fraction of sp³-hybridized carbons (Fsp3) is 0.278. The fourth-order valence-corrected chi connectivity index (χ4v) is 5.10. The van der Waals surface area contributed by atoms with Crippen LogP contribution in [0.5, 0.6) is 0 Å². The lowest BCUT2D eigenvalue weighted by molar-refractivity contribution is -0.121. The third kappa shape index (κ3) is 4.79. The molecule has 0 saturated heterocycles. The van der Waals surface area contributed by atoms with Gasteiger partial charge in [0.15, 0.2) is 0 Å². The van der Waals surface area contributed by atoms with E-state index in [4.69, 9.17) is 11.6 Å². The van der Waals surface area contributed by atoms with Gasteiger partial charge in [0.05, 0.1) is 10.9 Å². The first-order valence-corrected chi connectivity index (χ1v) is 11.1. The van der Waals surface area contributed by atoms with Crippen LogP contribution in [-0.4, -0.2) is 26.6 Å². The second-order valence-corrected chi connectivity index (χ2v) is 9.24. The van der Waals surface area contributed by atoms with Crippen LogP contribution in [0.4, 0.5) is 0 Å². The van der Waals surface area contributed by atoms with Gasteiger partial charge >= 0.3 is 0 Å². The minimum atomic E-state index is -3.59. The van der Waals surface area contributed by atoms with E-state index >= 15 is 0 Å². The Labute approximate surface area is 162 Å². The Morgan fingerprint density at radius 3 is 2.73 bits per heavy atom. The molecule has 138 valence electrons. The predicted molar refractivity (Wildman–Crippen MR) is 104 cm³/mol. The van der Waals surface area contributed by atoms with Gasteiger partial charge in [0.1, 0.15) is 0 Å². The second kappa shape index (κ2) is 8.43. The predicted octanol–water partition coefficient (Wildman–Crippen LogP) is 3.36. The van der Waals surface area contributed by atoms with Crippen molar-refractivity contribution in [1.82, 2.24) is 10.0 Å². The minimum Gasteiger partial charge on any atom is -0.349 e. The Morgan fingerprint density at radius 1 is 1.19 bits per heavy atom. The molecule has 1 amide bonds. The van der Waals surface area contributed by atoms with E-state index in [-0.39, 0.29) is 29.8 Å². The molecule has 3 rings (SSSR count). The summed E-state index contributed by atoms with van der Waals surface area (Å²) in [6.45, 7) is 0.0485. The minimum absolute atomic E-state index is 0.0485. The first kappa shape index (κ1) is 19.2. The van der Waals surface area contributed by atoms with Crippen LogP contribution in [-0.2, 0) is 14.8 Å².